The molecule has 1 heterocycles. The molecule has 46 heavy (non-hydrogen) atoms. The number of aliphatic carboxylic acids is 1. The molecule has 0 radical (unpaired) electrons. The van der Waals surface area contributed by atoms with Crippen LogP contribution < -0.4 is 21.3 Å². The molecular formula is C32H31ClF4N3NaO5. The summed E-state index contributed by atoms with van der Waals surface area (Å²) in [6, 6.07) is 15.2. The Bertz CT molecular complexity index is 1810. The van der Waals surface area contributed by atoms with Crippen LogP contribution in [0.3, 0.4) is 0 Å². The maximum atomic E-state index is 15.0. The number of carbonyl (C=O) groups is 1. The van der Waals surface area contributed by atoms with Gasteiger partial charge in [0, 0.05) is 23.2 Å². The molecule has 4 rings (SSSR count). The zero-order valence-electron chi connectivity index (χ0n) is 24.3. The van der Waals surface area contributed by atoms with Crippen molar-refractivity contribution in [1.82, 2.24) is 14.5 Å². The molecule has 0 bridgehead atoms. The van der Waals surface area contributed by atoms with E-state index >= 15 is 0 Å². The van der Waals surface area contributed by atoms with E-state index in [0.29, 0.717) is 5.56 Å². The van der Waals surface area contributed by atoms with Crippen LogP contribution >= 0.6 is 11.6 Å². The van der Waals surface area contributed by atoms with Crippen molar-refractivity contribution in [3.05, 3.63) is 121 Å². The summed E-state index contributed by atoms with van der Waals surface area (Å²) in [5.74, 6) is -1.94. The van der Waals surface area contributed by atoms with Crippen molar-refractivity contribution in [3.63, 3.8) is 0 Å². The summed E-state index contributed by atoms with van der Waals surface area (Å²) >= 11 is 6.58. The summed E-state index contributed by atoms with van der Waals surface area (Å²) in [6.07, 6.45) is -4.78. The minimum atomic E-state index is -4.92. The third kappa shape index (κ3) is 8.29. The second kappa shape index (κ2) is 15.9. The number of carboxylic acids is 1. The number of alkyl halides is 3. The van der Waals surface area contributed by atoms with Crippen LogP contribution in [0.5, 0.6) is 5.75 Å². The fraction of sp³-hybridized carbons (Fsp3) is 0.281. The zero-order chi connectivity index (χ0) is 32.9. The summed E-state index contributed by atoms with van der Waals surface area (Å²) in [5, 5.41) is 12.2. The Hall–Kier alpha value is -3.42. The predicted octanol–water partition coefficient (Wildman–Crippen LogP) is 5.40. The Labute approximate surface area is 288 Å². The van der Waals surface area contributed by atoms with Crippen LogP contribution in [0.25, 0.3) is 11.1 Å². The third-order valence-corrected chi connectivity index (χ3v) is 7.80. The van der Waals surface area contributed by atoms with Crippen molar-refractivity contribution in [2.24, 2.45) is 0 Å². The fourth-order valence-electron chi connectivity index (χ4n) is 5.13. The van der Waals surface area contributed by atoms with Crippen molar-refractivity contribution in [2.75, 3.05) is 13.7 Å². The third-order valence-electron chi connectivity index (χ3n) is 7.41. The predicted molar refractivity (Wildman–Crippen MR) is 168 cm³/mol. The summed E-state index contributed by atoms with van der Waals surface area (Å²) in [7, 11) is 1.37. The average molecular weight is 672 g/mol. The number of hydrogen-bond acceptors (Lipinski definition) is 5. The van der Waals surface area contributed by atoms with Crippen molar-refractivity contribution in [3.8, 4) is 16.9 Å². The first-order valence-electron chi connectivity index (χ1n) is 13.9. The average Bonchev–Trinajstić information content (AvgIpc) is 2.99. The van der Waals surface area contributed by atoms with Crippen molar-refractivity contribution >= 4 is 47.1 Å². The van der Waals surface area contributed by atoms with Gasteiger partial charge in [-0.2, -0.15) is 13.2 Å². The minimum absolute atomic E-state index is 0. The van der Waals surface area contributed by atoms with E-state index in [-0.39, 0.29) is 83.1 Å². The van der Waals surface area contributed by atoms with E-state index in [9.17, 15) is 31.9 Å². The molecule has 0 aliphatic carbocycles. The monoisotopic (exact) mass is 671 g/mol. The molecule has 3 aromatic carbocycles. The SMILES string of the molecule is COc1cccc(-c2c(C)n(Cc3c(F)cccc3C(F)(F)F)c(=O)n(C[C@H](NCCCC(=O)O)c3ccccc3)c2=O)c1Cl.[NaH]. The Morgan fingerprint density at radius 2 is 1.70 bits per heavy atom. The molecule has 0 unspecified atom stereocenters. The molecule has 0 spiro atoms. The second-order valence-corrected chi connectivity index (χ2v) is 10.6. The number of methoxy groups -OCH3 is 1. The maximum absolute atomic E-state index is 15.0. The van der Waals surface area contributed by atoms with Crippen LogP contribution in [0.15, 0.2) is 76.3 Å². The number of ether oxygens (including phenoxy) is 1. The number of hydrogen-bond donors (Lipinski definition) is 2. The summed E-state index contributed by atoms with van der Waals surface area (Å²) in [4.78, 5) is 39.2. The zero-order valence-corrected chi connectivity index (χ0v) is 25.1. The Morgan fingerprint density at radius 3 is 2.33 bits per heavy atom. The Morgan fingerprint density at radius 1 is 1.02 bits per heavy atom. The molecule has 14 heteroatoms. The number of nitrogens with zero attached hydrogens (tertiary/aromatic N) is 2. The van der Waals surface area contributed by atoms with Crippen molar-refractivity contribution < 1.29 is 32.2 Å². The normalized spacial score (nSPS) is 12.0. The summed E-state index contributed by atoms with van der Waals surface area (Å²) in [6.45, 7) is 0.487. The van der Waals surface area contributed by atoms with E-state index < -0.39 is 52.9 Å². The first-order chi connectivity index (χ1) is 21.3. The van der Waals surface area contributed by atoms with Gasteiger partial charge >= 0.3 is 47.4 Å². The molecular weight excluding hydrogens is 641 g/mol. The Balaban J connectivity index is 0.00000576. The van der Waals surface area contributed by atoms with Gasteiger partial charge < -0.3 is 15.2 Å². The van der Waals surface area contributed by atoms with E-state index in [1.807, 2.05) is 0 Å². The van der Waals surface area contributed by atoms with E-state index in [2.05, 4.69) is 5.32 Å². The van der Waals surface area contributed by atoms with Crippen molar-refractivity contribution in [1.29, 1.82) is 0 Å². The summed E-state index contributed by atoms with van der Waals surface area (Å²) in [5.41, 5.74) is -3.05. The molecule has 2 N–H and O–H groups in total. The quantitative estimate of drug-likeness (QED) is 0.119. The van der Waals surface area contributed by atoms with Gasteiger partial charge in [-0.05, 0) is 43.7 Å². The second-order valence-electron chi connectivity index (χ2n) is 10.2. The molecule has 0 fully saturated rings. The van der Waals surface area contributed by atoms with E-state index in [4.69, 9.17) is 21.4 Å². The molecule has 0 saturated heterocycles. The number of nitrogens with one attached hydrogen (secondary N) is 1. The van der Waals surface area contributed by atoms with Gasteiger partial charge in [-0.3, -0.25) is 18.7 Å². The number of halogens is 5. The van der Waals surface area contributed by atoms with Crippen LogP contribution in [0.4, 0.5) is 17.6 Å². The number of benzene rings is 3. The van der Waals surface area contributed by atoms with Crippen LogP contribution in [0.2, 0.25) is 5.02 Å². The molecule has 4 aromatic rings. The molecule has 8 nitrogen and oxygen atoms in total. The van der Waals surface area contributed by atoms with Crippen LogP contribution in [-0.4, -0.2) is 63.4 Å². The number of rotatable bonds is 12. The molecule has 1 aromatic heterocycles. The van der Waals surface area contributed by atoms with Crippen LogP contribution in [0.1, 0.15) is 41.3 Å². The first kappa shape index (κ1) is 37.0. The van der Waals surface area contributed by atoms with Crippen molar-refractivity contribution in [2.45, 2.75) is 45.1 Å². The number of aromatic nitrogens is 2. The van der Waals surface area contributed by atoms with Crippen LogP contribution in [0, 0.1) is 12.7 Å². The molecule has 0 aliphatic rings. The molecule has 0 aliphatic heterocycles. The van der Waals surface area contributed by atoms with Gasteiger partial charge in [-0.25, -0.2) is 9.18 Å². The topological polar surface area (TPSA) is 103 Å². The van der Waals surface area contributed by atoms with E-state index in [0.717, 1.165) is 27.3 Å². The van der Waals surface area contributed by atoms with E-state index in [1.54, 1.807) is 42.5 Å². The molecule has 0 amide bonds. The fourth-order valence-corrected chi connectivity index (χ4v) is 5.43. The van der Waals surface area contributed by atoms with Gasteiger partial charge in [0.25, 0.3) is 5.56 Å². The van der Waals surface area contributed by atoms with Gasteiger partial charge in [-0.15, -0.1) is 0 Å². The number of carboxylic acid groups (broad SMARTS) is 1. The molecule has 1 atom stereocenters. The van der Waals surface area contributed by atoms with Crippen LogP contribution in [-0.2, 0) is 24.1 Å². The van der Waals surface area contributed by atoms with Gasteiger partial charge in [0.1, 0.15) is 11.6 Å². The van der Waals surface area contributed by atoms with E-state index in [1.165, 1.54) is 20.1 Å². The first-order valence-corrected chi connectivity index (χ1v) is 14.2. The van der Waals surface area contributed by atoms with Gasteiger partial charge in [0.2, 0.25) is 0 Å². The molecule has 240 valence electrons. The van der Waals surface area contributed by atoms with Gasteiger partial charge in [0.15, 0.2) is 0 Å². The van der Waals surface area contributed by atoms with Gasteiger partial charge in [0.05, 0.1) is 42.4 Å². The standard InChI is InChI=1S/C32H30ClF4N3O5.Na.H/c1-19-28(21-11-6-14-26(45-2)29(21)33)30(43)40(18-25(20-9-4-3-5-10-20)38-16-8-15-27(41)42)31(44)39(19)17-22-23(32(35,36)37)12-7-13-24(22)34;;/h3-7,9-14,25,38H,8,15-18H2,1-2H3,(H,41,42);;/t25-;;/m0../s1. The molecule has 0 saturated carbocycles. The van der Waals surface area contributed by atoms with Gasteiger partial charge in [-0.1, -0.05) is 60.1 Å². The summed E-state index contributed by atoms with van der Waals surface area (Å²) < 4.78 is 63.9. The Kier molecular flexibility index (Phi) is 12.8.